The topological polar surface area (TPSA) is 36.5 Å². The molecule has 19 heavy (non-hydrogen) atoms. The van der Waals surface area contributed by atoms with Gasteiger partial charge in [0.25, 0.3) is 0 Å². The lowest BCUT2D eigenvalue weighted by atomic mass is 9.89. The average Bonchev–Trinajstić information content (AvgIpc) is 2.37. The van der Waals surface area contributed by atoms with Crippen molar-refractivity contribution in [3.63, 3.8) is 0 Å². The quantitative estimate of drug-likeness (QED) is 0.698. The minimum absolute atomic E-state index is 0.236. The number of hydrogen-bond acceptors (Lipinski definition) is 4. The summed E-state index contributed by atoms with van der Waals surface area (Å²) in [5.41, 5.74) is 0.537. The van der Waals surface area contributed by atoms with E-state index in [1.807, 2.05) is 0 Å². The van der Waals surface area contributed by atoms with Crippen LogP contribution >= 0.6 is 0 Å². The molecule has 1 rings (SSSR count). The smallest absolute Gasteiger partial charge is 0.0467 e. The zero-order valence-corrected chi connectivity index (χ0v) is 13.5. The van der Waals surface area contributed by atoms with Crippen LogP contribution in [0.4, 0.5) is 0 Å². The van der Waals surface area contributed by atoms with Crippen LogP contribution in [-0.4, -0.2) is 63.4 Å². The van der Waals surface area contributed by atoms with Crippen LogP contribution in [0.5, 0.6) is 0 Å². The molecule has 0 aliphatic carbocycles. The van der Waals surface area contributed by atoms with Gasteiger partial charge in [-0.2, -0.15) is 0 Å². The molecule has 0 aromatic rings. The van der Waals surface area contributed by atoms with Crippen LogP contribution in [0.15, 0.2) is 0 Å². The van der Waals surface area contributed by atoms with E-state index in [9.17, 15) is 0 Å². The van der Waals surface area contributed by atoms with Crippen LogP contribution in [0.2, 0.25) is 0 Å². The van der Waals surface area contributed by atoms with Crippen molar-refractivity contribution in [2.24, 2.45) is 5.41 Å². The van der Waals surface area contributed by atoms with Gasteiger partial charge in [0.05, 0.1) is 0 Å². The predicted octanol–water partition coefficient (Wildman–Crippen LogP) is 1.32. The van der Waals surface area contributed by atoms with Crippen LogP contribution in [0, 0.1) is 5.41 Å². The Labute approximate surface area is 119 Å². The fourth-order valence-corrected chi connectivity index (χ4v) is 2.56. The van der Waals surface area contributed by atoms with E-state index < -0.39 is 0 Å². The molecule has 0 atom stereocenters. The highest BCUT2D eigenvalue weighted by molar-refractivity contribution is 4.87. The summed E-state index contributed by atoms with van der Waals surface area (Å²) in [6, 6.07) is 0. The Morgan fingerprint density at radius 3 is 2.32 bits per heavy atom. The molecule has 0 spiro atoms. The van der Waals surface area contributed by atoms with E-state index in [4.69, 9.17) is 4.74 Å². The Hall–Kier alpha value is -0.160. The molecule has 0 unspecified atom stereocenters. The predicted molar refractivity (Wildman–Crippen MR) is 81.7 cm³/mol. The molecule has 0 aromatic heterocycles. The van der Waals surface area contributed by atoms with Crippen molar-refractivity contribution in [1.29, 1.82) is 0 Å². The van der Waals surface area contributed by atoms with Gasteiger partial charge in [-0.1, -0.05) is 13.8 Å². The van der Waals surface area contributed by atoms with Gasteiger partial charge < -0.3 is 15.4 Å². The molecule has 0 saturated carbocycles. The van der Waals surface area contributed by atoms with E-state index in [-0.39, 0.29) is 5.54 Å². The third-order valence-corrected chi connectivity index (χ3v) is 4.12. The molecule has 114 valence electrons. The third-order valence-electron chi connectivity index (χ3n) is 4.12. The number of piperazine rings is 1. The maximum absolute atomic E-state index is 5.18. The molecule has 2 N–H and O–H groups in total. The number of methoxy groups -OCH3 is 1. The first kappa shape index (κ1) is 16.9. The average molecular weight is 271 g/mol. The first-order valence-corrected chi connectivity index (χ1v) is 7.53. The lowest BCUT2D eigenvalue weighted by Crippen LogP contribution is -2.57. The Morgan fingerprint density at radius 1 is 1.11 bits per heavy atom. The summed E-state index contributed by atoms with van der Waals surface area (Å²) in [6.45, 7) is 16.8. The second-order valence-corrected chi connectivity index (χ2v) is 7.06. The van der Waals surface area contributed by atoms with Crippen molar-refractivity contribution in [1.82, 2.24) is 15.5 Å². The van der Waals surface area contributed by atoms with Crippen LogP contribution in [0.3, 0.4) is 0 Å². The molecule has 4 nitrogen and oxygen atoms in total. The van der Waals surface area contributed by atoms with Crippen LogP contribution in [0.1, 0.15) is 34.1 Å². The van der Waals surface area contributed by atoms with Gasteiger partial charge >= 0.3 is 0 Å². The molecule has 1 aliphatic rings. The summed E-state index contributed by atoms with van der Waals surface area (Å²) in [7, 11) is 1.77. The van der Waals surface area contributed by atoms with E-state index in [1.165, 1.54) is 0 Å². The van der Waals surface area contributed by atoms with Crippen LogP contribution in [-0.2, 0) is 4.74 Å². The van der Waals surface area contributed by atoms with Gasteiger partial charge in [-0.25, -0.2) is 0 Å². The number of nitrogens with one attached hydrogen (secondary N) is 2. The molecule has 0 radical (unpaired) electrons. The minimum Gasteiger partial charge on any atom is -0.385 e. The zero-order valence-electron chi connectivity index (χ0n) is 13.5. The SMILES string of the molecule is COCCC(C)(C)CNCC(C)(C)N1CCNCC1. The van der Waals surface area contributed by atoms with Crippen molar-refractivity contribution >= 4 is 0 Å². The van der Waals surface area contributed by atoms with Gasteiger partial charge in [-0.05, 0) is 25.7 Å². The van der Waals surface area contributed by atoms with Gasteiger partial charge in [0.2, 0.25) is 0 Å². The standard InChI is InChI=1S/C15H33N3O/c1-14(2,6-11-19-5)12-17-13-15(3,4)18-9-7-16-8-10-18/h16-17H,6-13H2,1-5H3. The highest BCUT2D eigenvalue weighted by Gasteiger charge is 2.28. The van der Waals surface area contributed by atoms with Crippen molar-refractivity contribution < 1.29 is 4.74 Å². The Morgan fingerprint density at radius 2 is 1.74 bits per heavy atom. The molecule has 1 aliphatic heterocycles. The van der Waals surface area contributed by atoms with Crippen LogP contribution in [0.25, 0.3) is 0 Å². The van der Waals surface area contributed by atoms with Crippen molar-refractivity contribution in [3.8, 4) is 0 Å². The van der Waals surface area contributed by atoms with Crippen molar-refractivity contribution in [2.75, 3.05) is 53.0 Å². The summed E-state index contributed by atoms with van der Waals surface area (Å²) in [5, 5.41) is 7.07. The molecule has 1 heterocycles. The first-order chi connectivity index (χ1) is 8.87. The van der Waals surface area contributed by atoms with Gasteiger partial charge in [-0.15, -0.1) is 0 Å². The summed E-state index contributed by atoms with van der Waals surface area (Å²) < 4.78 is 5.18. The molecule has 0 bridgehead atoms. The number of rotatable bonds is 8. The molecular weight excluding hydrogens is 238 g/mol. The van der Waals surface area contributed by atoms with E-state index in [0.717, 1.165) is 52.3 Å². The Balaban J connectivity index is 2.29. The van der Waals surface area contributed by atoms with Gasteiger partial charge in [0.1, 0.15) is 0 Å². The fourth-order valence-electron chi connectivity index (χ4n) is 2.56. The maximum Gasteiger partial charge on any atom is 0.0467 e. The van der Waals surface area contributed by atoms with Gasteiger partial charge in [0, 0.05) is 58.5 Å². The molecule has 1 saturated heterocycles. The largest absolute Gasteiger partial charge is 0.385 e. The number of nitrogens with zero attached hydrogens (tertiary/aromatic N) is 1. The molecular formula is C15H33N3O. The van der Waals surface area contributed by atoms with E-state index in [1.54, 1.807) is 7.11 Å². The highest BCUT2D eigenvalue weighted by Crippen LogP contribution is 2.20. The van der Waals surface area contributed by atoms with E-state index >= 15 is 0 Å². The second kappa shape index (κ2) is 7.58. The normalized spacial score (nSPS) is 18.8. The summed E-state index contributed by atoms with van der Waals surface area (Å²) in [5.74, 6) is 0. The summed E-state index contributed by atoms with van der Waals surface area (Å²) >= 11 is 0. The highest BCUT2D eigenvalue weighted by atomic mass is 16.5. The molecule has 0 aromatic carbocycles. The first-order valence-electron chi connectivity index (χ1n) is 7.53. The zero-order chi connectivity index (χ0) is 14.4. The lowest BCUT2D eigenvalue weighted by molar-refractivity contribution is 0.0965. The summed E-state index contributed by atoms with van der Waals surface area (Å²) in [6.07, 6.45) is 1.10. The van der Waals surface area contributed by atoms with Crippen molar-refractivity contribution in [2.45, 2.75) is 39.7 Å². The van der Waals surface area contributed by atoms with Gasteiger partial charge in [-0.3, -0.25) is 4.90 Å². The maximum atomic E-state index is 5.18. The molecule has 1 fully saturated rings. The van der Waals surface area contributed by atoms with Gasteiger partial charge in [0.15, 0.2) is 0 Å². The summed E-state index contributed by atoms with van der Waals surface area (Å²) in [4.78, 5) is 2.58. The Bertz CT molecular complexity index is 248. The minimum atomic E-state index is 0.236. The number of hydrogen-bond donors (Lipinski definition) is 2. The molecule has 4 heteroatoms. The molecule has 0 amide bonds. The number of ether oxygens (including phenoxy) is 1. The monoisotopic (exact) mass is 271 g/mol. The second-order valence-electron chi connectivity index (χ2n) is 7.06. The lowest BCUT2D eigenvalue weighted by Gasteiger charge is -2.42. The Kier molecular flexibility index (Phi) is 6.74. The van der Waals surface area contributed by atoms with Crippen molar-refractivity contribution in [3.05, 3.63) is 0 Å². The fraction of sp³-hybridized carbons (Fsp3) is 1.00. The van der Waals surface area contributed by atoms with Crippen LogP contribution < -0.4 is 10.6 Å². The third kappa shape index (κ3) is 6.21. The van der Waals surface area contributed by atoms with E-state index in [2.05, 4.69) is 43.2 Å². The van der Waals surface area contributed by atoms with E-state index in [0.29, 0.717) is 5.41 Å².